The molecular weight excluding hydrogens is 321 g/mol. The zero-order valence-electron chi connectivity index (χ0n) is 11.1. The fourth-order valence-corrected chi connectivity index (χ4v) is 2.36. The van der Waals surface area contributed by atoms with Crippen molar-refractivity contribution in [3.8, 4) is 0 Å². The number of hydrogen-bond donors (Lipinski definition) is 4. The molecule has 0 amide bonds. The Bertz CT molecular complexity index is 568. The van der Waals surface area contributed by atoms with E-state index in [1.165, 1.54) is 29.1 Å². The van der Waals surface area contributed by atoms with Crippen LogP contribution in [0.3, 0.4) is 0 Å². The minimum atomic E-state index is -2.76. The van der Waals surface area contributed by atoms with Gasteiger partial charge in [0.05, 0.1) is 4.67 Å². The molecule has 1 aliphatic heterocycles. The van der Waals surface area contributed by atoms with Crippen LogP contribution in [0.5, 0.6) is 0 Å². The van der Waals surface area contributed by atoms with E-state index in [9.17, 15) is 19.6 Å². The molecule has 22 heavy (non-hydrogen) atoms. The largest absolute Gasteiger partial charge is 0.728 e. The van der Waals surface area contributed by atoms with E-state index in [1.807, 2.05) is 0 Å². The van der Waals surface area contributed by atoms with Crippen LogP contribution in [-0.4, -0.2) is 51.5 Å². The van der Waals surface area contributed by atoms with Crippen LogP contribution in [0.2, 0.25) is 0 Å². The average molecular weight is 335 g/mol. The minimum Gasteiger partial charge on any atom is -0.477 e. The molecule has 0 aromatic carbocycles. The van der Waals surface area contributed by atoms with Crippen molar-refractivity contribution in [2.75, 3.05) is 6.61 Å². The van der Waals surface area contributed by atoms with Gasteiger partial charge in [0, 0.05) is 10.6 Å². The third-order valence-corrected chi connectivity index (χ3v) is 3.60. The molecule has 0 spiro atoms. The summed E-state index contributed by atoms with van der Waals surface area (Å²) in [7, 11) is -2.76. The molecule has 1 unspecified atom stereocenters. The lowest BCUT2D eigenvalue weighted by atomic mass is 10.1. The van der Waals surface area contributed by atoms with Gasteiger partial charge in [-0.15, -0.1) is 4.52 Å². The molecule has 0 radical (unpaired) electrons. The number of aromatic nitrogens is 1. The van der Waals surface area contributed by atoms with Gasteiger partial charge < -0.3 is 20.1 Å². The van der Waals surface area contributed by atoms with Crippen LogP contribution in [0.4, 0.5) is 0 Å². The lowest BCUT2D eigenvalue weighted by Gasteiger charge is -2.09. The number of aliphatic hydroxyl groups is 2. The Morgan fingerprint density at radius 1 is 1.41 bits per heavy atom. The predicted octanol–water partition coefficient (Wildman–Crippen LogP) is -0.545. The molecule has 0 bridgehead atoms. The lowest BCUT2D eigenvalue weighted by molar-refractivity contribution is -0.765. The molecule has 2 rings (SSSR count). The van der Waals surface area contributed by atoms with E-state index in [0.29, 0.717) is 0 Å². The van der Waals surface area contributed by atoms with Gasteiger partial charge in [0.15, 0.2) is 18.5 Å². The summed E-state index contributed by atoms with van der Waals surface area (Å²) in [4.78, 5) is 10.9. The van der Waals surface area contributed by atoms with Gasteiger partial charge >= 0.3 is 14.2 Å². The third kappa shape index (κ3) is 3.62. The Hall–Kier alpha value is -1.52. The van der Waals surface area contributed by atoms with Crippen molar-refractivity contribution >= 4 is 14.2 Å². The van der Waals surface area contributed by atoms with Gasteiger partial charge in [-0.25, -0.2) is 10.1 Å². The van der Waals surface area contributed by atoms with Crippen molar-refractivity contribution in [1.29, 1.82) is 0 Å². The van der Waals surface area contributed by atoms with Gasteiger partial charge in [0.2, 0.25) is 0 Å². The molecule has 4 N–H and O–H groups in total. The highest BCUT2D eigenvalue weighted by molar-refractivity contribution is 7.33. The highest BCUT2D eigenvalue weighted by Gasteiger charge is 2.49. The Morgan fingerprint density at radius 2 is 2.14 bits per heavy atom. The standard InChI is InChI=1S/C11H12NO9P/c13-8-7(5-19-22(18)21-17)20-10(9(8)14)12-3-1-2-6(4-12)11(15)16/h1-4,7-10,13-14H,5H2/p+2/t7-,8-,9-,10-/m1/s1. The Balaban J connectivity index is 2.11. The summed E-state index contributed by atoms with van der Waals surface area (Å²) in [6.07, 6.45) is -2.08. The fraction of sp³-hybridized carbons (Fsp3) is 0.455. The number of pyridine rings is 1. The molecule has 1 saturated heterocycles. The van der Waals surface area contributed by atoms with Crippen LogP contribution in [0, 0.1) is 0 Å². The topological polar surface area (TPSA) is 147 Å². The van der Waals surface area contributed by atoms with Gasteiger partial charge in [-0.3, -0.25) is 0 Å². The summed E-state index contributed by atoms with van der Waals surface area (Å²) in [5.41, 5.74) is -0.0238. The van der Waals surface area contributed by atoms with E-state index in [-0.39, 0.29) is 5.56 Å². The summed E-state index contributed by atoms with van der Waals surface area (Å²) in [6, 6.07) is 2.81. The van der Waals surface area contributed by atoms with Crippen molar-refractivity contribution < 1.29 is 48.4 Å². The maximum absolute atomic E-state index is 10.9. The summed E-state index contributed by atoms with van der Waals surface area (Å²) in [6.45, 7) is -0.399. The molecule has 2 heterocycles. The first-order valence-corrected chi connectivity index (χ1v) is 7.21. The summed E-state index contributed by atoms with van der Waals surface area (Å²) >= 11 is 0. The number of nitrogens with zero attached hydrogens (tertiary/aromatic N) is 1. The van der Waals surface area contributed by atoms with Crippen LogP contribution in [0.15, 0.2) is 24.5 Å². The van der Waals surface area contributed by atoms with E-state index in [1.54, 1.807) is 0 Å². The lowest BCUT2D eigenvalue weighted by Crippen LogP contribution is -2.46. The highest BCUT2D eigenvalue weighted by Crippen LogP contribution is 2.29. The Kier molecular flexibility index (Phi) is 5.48. The van der Waals surface area contributed by atoms with E-state index < -0.39 is 45.4 Å². The Labute approximate surface area is 125 Å². The molecule has 0 aliphatic carbocycles. The number of aromatic carboxylic acids is 1. The predicted molar refractivity (Wildman–Crippen MR) is 66.8 cm³/mol. The third-order valence-electron chi connectivity index (χ3n) is 3.11. The van der Waals surface area contributed by atoms with Gasteiger partial charge in [-0.2, -0.15) is 4.57 Å². The monoisotopic (exact) mass is 335 g/mol. The normalized spacial score (nSPS) is 28.6. The number of aliphatic hydroxyl groups excluding tert-OH is 2. The number of carboxylic acids is 1. The number of hydrogen-bond acceptors (Lipinski definition) is 8. The smallest absolute Gasteiger partial charge is 0.477 e. The average Bonchev–Trinajstić information content (AvgIpc) is 2.80. The van der Waals surface area contributed by atoms with Gasteiger partial charge in [0.25, 0.3) is 6.23 Å². The van der Waals surface area contributed by atoms with Gasteiger partial charge in [-0.1, -0.05) is 0 Å². The first-order valence-electron chi connectivity index (χ1n) is 6.11. The quantitative estimate of drug-likeness (QED) is 0.233. The van der Waals surface area contributed by atoms with Crippen molar-refractivity contribution in [3.05, 3.63) is 30.1 Å². The second-order valence-corrected chi connectivity index (χ2v) is 5.36. The molecule has 11 heteroatoms. The SMILES string of the molecule is O=C(O)c1ccc[n+]([C@@H]2O[C@H](CO[P+](=O)OO)[C@@H](O)[C@H]2O)c1. The molecule has 1 aliphatic rings. The maximum atomic E-state index is 10.9. The van der Waals surface area contributed by atoms with Gasteiger partial charge in [-0.05, 0) is 6.07 Å². The number of rotatable bonds is 6. The van der Waals surface area contributed by atoms with Crippen molar-refractivity contribution in [3.63, 3.8) is 0 Å². The van der Waals surface area contributed by atoms with Crippen LogP contribution < -0.4 is 4.57 Å². The van der Waals surface area contributed by atoms with Crippen molar-refractivity contribution in [2.45, 2.75) is 24.5 Å². The van der Waals surface area contributed by atoms with Gasteiger partial charge in [0.1, 0.15) is 24.4 Å². The zero-order chi connectivity index (χ0) is 16.3. The van der Waals surface area contributed by atoms with Crippen LogP contribution in [-0.2, 0) is 18.5 Å². The molecule has 1 aromatic heterocycles. The second-order valence-electron chi connectivity index (χ2n) is 4.49. The van der Waals surface area contributed by atoms with Crippen LogP contribution in [0.1, 0.15) is 16.6 Å². The molecule has 120 valence electrons. The summed E-state index contributed by atoms with van der Waals surface area (Å²) in [5.74, 6) is -1.15. The maximum Gasteiger partial charge on any atom is 0.728 e. The second kappa shape index (κ2) is 7.16. The first kappa shape index (κ1) is 16.8. The zero-order valence-corrected chi connectivity index (χ0v) is 11.9. The van der Waals surface area contributed by atoms with E-state index in [2.05, 4.69) is 9.20 Å². The Morgan fingerprint density at radius 3 is 2.77 bits per heavy atom. The fourth-order valence-electron chi connectivity index (χ4n) is 2.05. The van der Waals surface area contributed by atoms with Crippen LogP contribution in [0.25, 0.3) is 0 Å². The first-order chi connectivity index (χ1) is 10.4. The molecule has 10 nitrogen and oxygen atoms in total. The van der Waals surface area contributed by atoms with E-state index in [0.717, 1.165) is 0 Å². The van der Waals surface area contributed by atoms with E-state index >= 15 is 0 Å². The van der Waals surface area contributed by atoms with Crippen LogP contribution >= 0.6 is 8.25 Å². The number of ether oxygens (including phenoxy) is 1. The summed E-state index contributed by atoms with van der Waals surface area (Å²) in [5, 5.41) is 36.9. The number of carboxylic acid groups (broad SMARTS) is 1. The molecule has 1 fully saturated rings. The van der Waals surface area contributed by atoms with E-state index in [4.69, 9.17) is 15.1 Å². The molecular formula is C11H14NO9P+2. The molecule has 5 atom stereocenters. The number of carbonyl (C=O) groups is 1. The van der Waals surface area contributed by atoms with Crippen molar-refractivity contribution in [1.82, 2.24) is 0 Å². The molecule has 1 aromatic rings. The highest BCUT2D eigenvalue weighted by atomic mass is 31.1. The minimum absolute atomic E-state index is 0.0238. The molecule has 0 saturated carbocycles. The van der Waals surface area contributed by atoms with Crippen molar-refractivity contribution in [2.24, 2.45) is 0 Å². The summed E-state index contributed by atoms with van der Waals surface area (Å²) < 4.78 is 25.5.